The third kappa shape index (κ3) is 5.13. The molecule has 30 heavy (non-hydrogen) atoms. The van der Waals surface area contributed by atoms with E-state index < -0.39 is 30.1 Å². The molecule has 1 amide bonds. The highest BCUT2D eigenvalue weighted by Gasteiger charge is 2.48. The summed E-state index contributed by atoms with van der Waals surface area (Å²) in [6, 6.07) is 4.63. The highest BCUT2D eigenvalue weighted by atomic mass is 35.5. The Balaban J connectivity index is 1.66. The van der Waals surface area contributed by atoms with Crippen LogP contribution in [0.1, 0.15) is 51.0 Å². The number of fused-ring (bicyclic) bond motifs is 1. The van der Waals surface area contributed by atoms with Gasteiger partial charge in [0.05, 0.1) is 6.04 Å². The molecule has 1 aromatic carbocycles. The first-order chi connectivity index (χ1) is 14.3. The van der Waals surface area contributed by atoms with Gasteiger partial charge >= 0.3 is 11.9 Å². The van der Waals surface area contributed by atoms with E-state index in [9.17, 15) is 24.6 Å². The Morgan fingerprint density at radius 1 is 1.17 bits per heavy atom. The van der Waals surface area contributed by atoms with Gasteiger partial charge in [-0.25, -0.2) is 4.79 Å². The number of amides is 1. The van der Waals surface area contributed by atoms with E-state index in [1.54, 1.807) is 19.1 Å². The largest absolute Gasteiger partial charge is 0.480 e. The number of carboxylic acid groups (broad SMARTS) is 2. The first-order valence-corrected chi connectivity index (χ1v) is 10.9. The van der Waals surface area contributed by atoms with Crippen molar-refractivity contribution in [1.82, 2.24) is 10.2 Å². The van der Waals surface area contributed by atoms with Gasteiger partial charge in [-0.2, -0.15) is 0 Å². The molecule has 164 valence electrons. The summed E-state index contributed by atoms with van der Waals surface area (Å²) < 4.78 is 0. The fourth-order valence-corrected chi connectivity index (χ4v) is 4.96. The molecule has 2 fully saturated rings. The summed E-state index contributed by atoms with van der Waals surface area (Å²) in [6.45, 7) is 1.62. The molecule has 7 nitrogen and oxygen atoms in total. The van der Waals surface area contributed by atoms with Crippen LogP contribution in [0.4, 0.5) is 0 Å². The predicted octanol–water partition coefficient (Wildman–Crippen LogP) is 2.95. The normalized spacial score (nSPS) is 25.4. The summed E-state index contributed by atoms with van der Waals surface area (Å²) in [7, 11) is 0. The molecule has 8 heteroatoms. The number of benzene rings is 1. The van der Waals surface area contributed by atoms with Crippen molar-refractivity contribution in [3.63, 3.8) is 0 Å². The monoisotopic (exact) mass is 436 g/mol. The average Bonchev–Trinajstić information content (AvgIpc) is 3.11. The number of aliphatic carboxylic acids is 2. The molecular formula is C22H29ClN2O5. The maximum Gasteiger partial charge on any atom is 0.326 e. The topological polar surface area (TPSA) is 107 Å². The Hall–Kier alpha value is -2.12. The Kier molecular flexibility index (Phi) is 7.36. The molecule has 1 saturated heterocycles. The van der Waals surface area contributed by atoms with E-state index in [0.29, 0.717) is 24.3 Å². The van der Waals surface area contributed by atoms with Crippen LogP contribution in [0.3, 0.4) is 0 Å². The van der Waals surface area contributed by atoms with Gasteiger partial charge < -0.3 is 15.1 Å². The van der Waals surface area contributed by atoms with Crippen LogP contribution in [-0.4, -0.2) is 57.1 Å². The molecule has 3 rings (SSSR count). The van der Waals surface area contributed by atoms with Gasteiger partial charge in [0, 0.05) is 11.1 Å². The second-order valence-corrected chi connectivity index (χ2v) is 8.83. The minimum atomic E-state index is -1.03. The number of hydrogen-bond donors (Lipinski definition) is 3. The first kappa shape index (κ1) is 22.6. The molecule has 3 unspecified atom stereocenters. The van der Waals surface area contributed by atoms with Crippen molar-refractivity contribution >= 4 is 29.4 Å². The van der Waals surface area contributed by atoms with Gasteiger partial charge in [0.25, 0.3) is 0 Å². The number of carbonyl (C=O) groups excluding carboxylic acids is 1. The number of aryl methyl sites for hydroxylation is 1. The van der Waals surface area contributed by atoms with Crippen LogP contribution in [0.5, 0.6) is 0 Å². The summed E-state index contributed by atoms with van der Waals surface area (Å²) in [4.78, 5) is 38.2. The maximum absolute atomic E-state index is 13.2. The minimum absolute atomic E-state index is 0.0612. The van der Waals surface area contributed by atoms with Crippen molar-refractivity contribution in [2.24, 2.45) is 5.92 Å². The third-order valence-electron chi connectivity index (χ3n) is 6.38. The smallest absolute Gasteiger partial charge is 0.326 e. The van der Waals surface area contributed by atoms with E-state index in [1.165, 1.54) is 4.90 Å². The van der Waals surface area contributed by atoms with Gasteiger partial charge in [-0.05, 0) is 62.6 Å². The average molecular weight is 437 g/mol. The summed E-state index contributed by atoms with van der Waals surface area (Å²) in [5, 5.41) is 22.8. The number of likely N-dealkylation sites (tertiary alicyclic amines) is 1. The van der Waals surface area contributed by atoms with E-state index in [-0.39, 0.29) is 17.9 Å². The zero-order valence-electron chi connectivity index (χ0n) is 17.1. The Labute approximate surface area is 181 Å². The van der Waals surface area contributed by atoms with Gasteiger partial charge in [0.2, 0.25) is 5.91 Å². The summed E-state index contributed by atoms with van der Waals surface area (Å²) >= 11 is 5.88. The molecule has 0 radical (unpaired) electrons. The number of halogens is 1. The number of nitrogens with one attached hydrogen (secondary N) is 1. The minimum Gasteiger partial charge on any atom is -0.480 e. The van der Waals surface area contributed by atoms with Crippen molar-refractivity contribution < 1.29 is 24.6 Å². The number of carboxylic acids is 2. The van der Waals surface area contributed by atoms with E-state index in [2.05, 4.69) is 5.32 Å². The van der Waals surface area contributed by atoms with Crippen LogP contribution >= 0.6 is 11.6 Å². The van der Waals surface area contributed by atoms with Crippen molar-refractivity contribution in [2.75, 3.05) is 0 Å². The van der Waals surface area contributed by atoms with E-state index in [0.717, 1.165) is 31.2 Å². The number of carbonyl (C=O) groups is 3. The van der Waals surface area contributed by atoms with Crippen molar-refractivity contribution in [3.05, 3.63) is 34.9 Å². The molecule has 0 bridgehead atoms. The Morgan fingerprint density at radius 3 is 2.47 bits per heavy atom. The Bertz CT molecular complexity index is 784. The molecule has 1 aliphatic carbocycles. The highest BCUT2D eigenvalue weighted by Crippen LogP contribution is 2.40. The molecule has 1 aliphatic heterocycles. The molecule has 1 aromatic rings. The second-order valence-electron chi connectivity index (χ2n) is 8.39. The molecule has 1 heterocycles. The van der Waals surface area contributed by atoms with E-state index in [1.807, 2.05) is 12.1 Å². The van der Waals surface area contributed by atoms with Crippen LogP contribution in [0.25, 0.3) is 0 Å². The molecule has 2 aliphatic rings. The van der Waals surface area contributed by atoms with E-state index in [4.69, 9.17) is 11.6 Å². The third-order valence-corrected chi connectivity index (χ3v) is 6.63. The van der Waals surface area contributed by atoms with Crippen molar-refractivity contribution in [2.45, 2.75) is 76.0 Å². The van der Waals surface area contributed by atoms with Gasteiger partial charge in [0.1, 0.15) is 12.1 Å². The van der Waals surface area contributed by atoms with Crippen LogP contribution in [0.15, 0.2) is 24.3 Å². The van der Waals surface area contributed by atoms with Crippen LogP contribution in [-0.2, 0) is 20.8 Å². The van der Waals surface area contributed by atoms with Gasteiger partial charge in [0.15, 0.2) is 0 Å². The fourth-order valence-electron chi connectivity index (χ4n) is 4.83. The zero-order valence-corrected chi connectivity index (χ0v) is 17.8. The number of nitrogens with zero attached hydrogens (tertiary/aromatic N) is 1. The van der Waals surface area contributed by atoms with Crippen LogP contribution in [0.2, 0.25) is 5.02 Å². The predicted molar refractivity (Wildman–Crippen MR) is 112 cm³/mol. The number of hydrogen-bond acceptors (Lipinski definition) is 4. The van der Waals surface area contributed by atoms with Crippen molar-refractivity contribution in [3.8, 4) is 0 Å². The quantitative estimate of drug-likeness (QED) is 0.578. The lowest BCUT2D eigenvalue weighted by atomic mass is 9.84. The van der Waals surface area contributed by atoms with E-state index >= 15 is 0 Å². The molecule has 5 atom stereocenters. The lowest BCUT2D eigenvalue weighted by molar-refractivity contribution is -0.151. The summed E-state index contributed by atoms with van der Waals surface area (Å²) in [5.41, 5.74) is 0.960. The van der Waals surface area contributed by atoms with Crippen molar-refractivity contribution in [1.29, 1.82) is 0 Å². The Morgan fingerprint density at radius 2 is 1.83 bits per heavy atom. The molecule has 3 N–H and O–H groups in total. The zero-order chi connectivity index (χ0) is 21.8. The number of rotatable bonds is 8. The fraction of sp³-hybridized carbons (Fsp3) is 0.591. The second kappa shape index (κ2) is 9.79. The molecule has 0 spiro atoms. The maximum atomic E-state index is 13.2. The van der Waals surface area contributed by atoms with Crippen LogP contribution < -0.4 is 5.32 Å². The SMILES string of the molecule is CC(N[C@@H](CCc1ccc(Cl)cc1)C(=O)O)C(=O)N1C2CCCCC2C[C@H]1C(=O)O. The van der Waals surface area contributed by atoms with Gasteiger partial charge in [-0.1, -0.05) is 36.6 Å². The first-order valence-electron chi connectivity index (χ1n) is 10.6. The van der Waals surface area contributed by atoms with Gasteiger partial charge in [-0.15, -0.1) is 0 Å². The summed E-state index contributed by atoms with van der Waals surface area (Å²) in [6.07, 6.45) is 5.12. The summed E-state index contributed by atoms with van der Waals surface area (Å²) in [5.74, 6) is -2.12. The molecular weight excluding hydrogens is 408 g/mol. The molecule has 1 saturated carbocycles. The lowest BCUT2D eigenvalue weighted by Gasteiger charge is -2.35. The van der Waals surface area contributed by atoms with Gasteiger partial charge in [-0.3, -0.25) is 14.9 Å². The highest BCUT2D eigenvalue weighted by molar-refractivity contribution is 6.30. The standard InChI is InChI=1S/C22H29ClN2O5/c1-13(24-17(21(27)28)11-8-14-6-9-16(23)10-7-14)20(26)25-18-5-3-2-4-15(18)12-19(25)22(29)30/h6-7,9-10,13,15,17-19,24H,2-5,8,11-12H2,1H3,(H,27,28)(H,29,30)/t13?,15?,17-,18?,19-/m0/s1. The lowest BCUT2D eigenvalue weighted by Crippen LogP contribution is -2.55. The molecule has 0 aromatic heterocycles. The van der Waals surface area contributed by atoms with Crippen LogP contribution in [0, 0.1) is 5.92 Å².